The minimum absolute atomic E-state index is 1.17. The fraction of sp³-hybridized carbons (Fsp3) is 0.111. The molecule has 1 aromatic carbocycles. The maximum absolute atomic E-state index is 3.23. The van der Waals surface area contributed by atoms with Gasteiger partial charge >= 0.3 is 0 Å². The molecule has 0 unspecified atom stereocenters. The highest BCUT2D eigenvalue weighted by Gasteiger charge is 1.92. The van der Waals surface area contributed by atoms with Gasteiger partial charge in [0.15, 0.2) is 0 Å². The molecule has 0 aliphatic carbocycles. The van der Waals surface area contributed by atoms with Crippen molar-refractivity contribution >= 4 is 10.9 Å². The van der Waals surface area contributed by atoms with Crippen LogP contribution in [0.25, 0.3) is 10.9 Å². The van der Waals surface area contributed by atoms with Gasteiger partial charge < -0.3 is 4.98 Å². The predicted octanol–water partition coefficient (Wildman–Crippen LogP) is 2.28. The van der Waals surface area contributed by atoms with Gasteiger partial charge in [0, 0.05) is 16.6 Å². The molecule has 1 nitrogen and oxygen atoms in total. The van der Waals surface area contributed by atoms with Crippen LogP contribution in [0.5, 0.6) is 0 Å². The van der Waals surface area contributed by atoms with E-state index < -0.39 is 0 Å². The van der Waals surface area contributed by atoms with Crippen molar-refractivity contribution in [3.8, 4) is 0 Å². The number of H-pyrrole nitrogens is 1. The van der Waals surface area contributed by atoms with Crippen molar-refractivity contribution in [2.75, 3.05) is 0 Å². The van der Waals surface area contributed by atoms with Gasteiger partial charge in [-0.2, -0.15) is 0 Å². The number of benzene rings is 1. The third-order valence-electron chi connectivity index (χ3n) is 1.58. The average Bonchev–Trinajstić information content (AvgIpc) is 2.27. The lowest BCUT2D eigenvalue weighted by Gasteiger charge is -1.82. The minimum Gasteiger partial charge on any atom is -0.359 e. The molecule has 2 rings (SSSR count). The smallest absolute Gasteiger partial charge is 0.0462 e. The standard InChI is InChI=1S/C9H8N/c1-7-6-8-4-2-3-5-9(8)10-7/h2-3,5-6,10H,1H3. The van der Waals surface area contributed by atoms with Crippen LogP contribution in [-0.4, -0.2) is 4.98 Å². The third kappa shape index (κ3) is 0.711. The van der Waals surface area contributed by atoms with E-state index in [0.717, 1.165) is 0 Å². The van der Waals surface area contributed by atoms with Crippen LogP contribution in [0.4, 0.5) is 0 Å². The van der Waals surface area contributed by atoms with Crippen LogP contribution in [-0.2, 0) is 0 Å². The van der Waals surface area contributed by atoms with Gasteiger partial charge in [0.2, 0.25) is 0 Å². The molecule has 1 N–H and O–H groups in total. The van der Waals surface area contributed by atoms with E-state index in [-0.39, 0.29) is 0 Å². The van der Waals surface area contributed by atoms with Crippen molar-refractivity contribution in [3.05, 3.63) is 36.0 Å². The zero-order chi connectivity index (χ0) is 6.97. The van der Waals surface area contributed by atoms with Gasteiger partial charge in [0.1, 0.15) is 0 Å². The summed E-state index contributed by atoms with van der Waals surface area (Å²) in [5.41, 5.74) is 2.36. The van der Waals surface area contributed by atoms with Crippen LogP contribution >= 0.6 is 0 Å². The second-order valence-electron chi connectivity index (χ2n) is 2.45. The van der Waals surface area contributed by atoms with Crippen LogP contribution < -0.4 is 0 Å². The van der Waals surface area contributed by atoms with Crippen LogP contribution in [0, 0.1) is 13.0 Å². The second kappa shape index (κ2) is 1.87. The zero-order valence-electron chi connectivity index (χ0n) is 5.81. The summed E-state index contributed by atoms with van der Waals surface area (Å²) in [5.74, 6) is 0. The van der Waals surface area contributed by atoms with Gasteiger partial charge in [-0.05, 0) is 25.1 Å². The Balaban J connectivity index is 2.88. The Kier molecular flexibility index (Phi) is 1.04. The molecule has 0 saturated carbocycles. The highest BCUT2D eigenvalue weighted by atomic mass is 14.7. The van der Waals surface area contributed by atoms with E-state index in [1.807, 2.05) is 19.1 Å². The number of fused-ring (bicyclic) bond motifs is 1. The molecule has 10 heavy (non-hydrogen) atoms. The van der Waals surface area contributed by atoms with Gasteiger partial charge in [0.05, 0.1) is 0 Å². The lowest BCUT2D eigenvalue weighted by Crippen LogP contribution is -1.65. The molecule has 2 aromatic rings. The van der Waals surface area contributed by atoms with Crippen LogP contribution in [0.15, 0.2) is 24.3 Å². The molecule has 1 aromatic heterocycles. The van der Waals surface area contributed by atoms with Crippen LogP contribution in [0.2, 0.25) is 0 Å². The van der Waals surface area contributed by atoms with Crippen molar-refractivity contribution in [1.29, 1.82) is 0 Å². The topological polar surface area (TPSA) is 15.8 Å². The summed E-state index contributed by atoms with van der Waals surface area (Å²) < 4.78 is 0. The highest BCUT2D eigenvalue weighted by Crippen LogP contribution is 2.12. The average molecular weight is 130 g/mol. The molecule has 0 fully saturated rings. The highest BCUT2D eigenvalue weighted by molar-refractivity contribution is 5.79. The Morgan fingerprint density at radius 2 is 2.40 bits per heavy atom. The maximum atomic E-state index is 3.23. The molecule has 0 atom stereocenters. The Hall–Kier alpha value is -1.24. The Morgan fingerprint density at radius 1 is 1.50 bits per heavy atom. The summed E-state index contributed by atoms with van der Waals surface area (Å²) in [6.07, 6.45) is 0. The van der Waals surface area contributed by atoms with Crippen molar-refractivity contribution in [3.63, 3.8) is 0 Å². The molecule has 0 amide bonds. The van der Waals surface area contributed by atoms with Gasteiger partial charge in [-0.15, -0.1) is 0 Å². The van der Waals surface area contributed by atoms with E-state index in [4.69, 9.17) is 0 Å². The molecule has 0 bridgehead atoms. The fourth-order valence-corrected chi connectivity index (χ4v) is 1.14. The van der Waals surface area contributed by atoms with Crippen molar-refractivity contribution in [2.24, 2.45) is 0 Å². The van der Waals surface area contributed by atoms with Crippen molar-refractivity contribution < 1.29 is 0 Å². The van der Waals surface area contributed by atoms with Gasteiger partial charge in [-0.25, -0.2) is 0 Å². The molecule has 1 heteroatoms. The number of nitrogens with one attached hydrogen (secondary N) is 1. The van der Waals surface area contributed by atoms with Crippen molar-refractivity contribution in [2.45, 2.75) is 6.92 Å². The van der Waals surface area contributed by atoms with E-state index in [1.54, 1.807) is 0 Å². The van der Waals surface area contributed by atoms with E-state index in [2.05, 4.69) is 23.2 Å². The molecular formula is C9H8N. The largest absolute Gasteiger partial charge is 0.359 e. The predicted molar refractivity (Wildman–Crippen MR) is 41.9 cm³/mol. The number of aryl methyl sites for hydroxylation is 1. The zero-order valence-corrected chi connectivity index (χ0v) is 5.81. The van der Waals surface area contributed by atoms with Gasteiger partial charge in [0.25, 0.3) is 0 Å². The summed E-state index contributed by atoms with van der Waals surface area (Å²) in [7, 11) is 0. The number of hydrogen-bond acceptors (Lipinski definition) is 0. The molecule has 1 radical (unpaired) electrons. The maximum Gasteiger partial charge on any atom is 0.0462 e. The molecule has 0 spiro atoms. The first-order valence-electron chi connectivity index (χ1n) is 3.32. The van der Waals surface area contributed by atoms with Gasteiger partial charge in [-0.1, -0.05) is 12.1 Å². The lowest BCUT2D eigenvalue weighted by atomic mass is 10.2. The Bertz CT molecular complexity index is 313. The fourth-order valence-electron chi connectivity index (χ4n) is 1.14. The van der Waals surface area contributed by atoms with Gasteiger partial charge in [-0.3, -0.25) is 0 Å². The Labute approximate surface area is 59.7 Å². The van der Waals surface area contributed by atoms with Crippen LogP contribution in [0.1, 0.15) is 5.69 Å². The van der Waals surface area contributed by atoms with E-state index in [1.165, 1.54) is 16.6 Å². The summed E-state index contributed by atoms with van der Waals surface area (Å²) in [4.78, 5) is 3.23. The lowest BCUT2D eigenvalue weighted by molar-refractivity contribution is 1.30. The SMILES string of the molecule is Cc1cc2[c]cccc2[nH]1. The summed E-state index contributed by atoms with van der Waals surface area (Å²) in [6.45, 7) is 2.05. The number of rotatable bonds is 0. The number of aromatic nitrogens is 1. The first-order chi connectivity index (χ1) is 4.86. The molecule has 0 saturated heterocycles. The molecular weight excluding hydrogens is 122 g/mol. The molecule has 1 heterocycles. The molecule has 0 aliphatic rings. The summed E-state index contributed by atoms with van der Waals surface area (Å²) in [5, 5.41) is 1.17. The first-order valence-corrected chi connectivity index (χ1v) is 3.32. The number of hydrogen-bond donors (Lipinski definition) is 1. The van der Waals surface area contributed by atoms with E-state index in [0.29, 0.717) is 0 Å². The molecule has 49 valence electrons. The normalized spacial score (nSPS) is 10.5. The third-order valence-corrected chi connectivity index (χ3v) is 1.58. The van der Waals surface area contributed by atoms with Crippen molar-refractivity contribution in [1.82, 2.24) is 4.98 Å². The quantitative estimate of drug-likeness (QED) is 0.563. The van der Waals surface area contributed by atoms with Crippen LogP contribution in [0.3, 0.4) is 0 Å². The first kappa shape index (κ1) is 5.54. The van der Waals surface area contributed by atoms with E-state index in [9.17, 15) is 0 Å². The summed E-state index contributed by atoms with van der Waals surface area (Å²) >= 11 is 0. The second-order valence-corrected chi connectivity index (χ2v) is 2.45. The molecule has 0 aliphatic heterocycles. The Morgan fingerprint density at radius 3 is 3.20 bits per heavy atom. The monoisotopic (exact) mass is 130 g/mol. The minimum atomic E-state index is 1.17. The summed E-state index contributed by atoms with van der Waals surface area (Å²) in [6, 6.07) is 11.2. The van der Waals surface area contributed by atoms with E-state index >= 15 is 0 Å². The number of aromatic amines is 1.